The van der Waals surface area contributed by atoms with Crippen LogP contribution < -0.4 is 0 Å². The molecule has 1 aromatic heterocycles. The van der Waals surface area contributed by atoms with Gasteiger partial charge >= 0.3 is 5.97 Å². The lowest BCUT2D eigenvalue weighted by atomic mass is 9.65. The molecule has 22 heavy (non-hydrogen) atoms. The second-order valence-electron chi connectivity index (χ2n) is 6.44. The van der Waals surface area contributed by atoms with E-state index in [0.717, 1.165) is 12.0 Å². The van der Waals surface area contributed by atoms with E-state index in [4.69, 9.17) is 0 Å². The summed E-state index contributed by atoms with van der Waals surface area (Å²) >= 11 is 0. The smallest absolute Gasteiger partial charge is 0.335 e. The van der Waals surface area contributed by atoms with E-state index in [-0.39, 0.29) is 11.0 Å². The Labute approximate surface area is 128 Å². The van der Waals surface area contributed by atoms with Crippen LogP contribution in [0.2, 0.25) is 0 Å². The lowest BCUT2D eigenvalue weighted by Gasteiger charge is -2.42. The van der Waals surface area contributed by atoms with Gasteiger partial charge in [-0.3, -0.25) is 0 Å². The van der Waals surface area contributed by atoms with E-state index in [2.05, 4.69) is 23.8 Å². The van der Waals surface area contributed by atoms with Crippen LogP contribution in [0.4, 0.5) is 0 Å². The highest BCUT2D eigenvalue weighted by Gasteiger charge is 2.43. The maximum absolute atomic E-state index is 11.3. The van der Waals surface area contributed by atoms with Crippen LogP contribution in [0, 0.1) is 0 Å². The van der Waals surface area contributed by atoms with Crippen LogP contribution in [0.1, 0.15) is 53.7 Å². The maximum atomic E-state index is 11.3. The van der Waals surface area contributed by atoms with Crippen molar-refractivity contribution in [3.05, 3.63) is 59.2 Å². The number of carboxylic acid groups (broad SMARTS) is 1. The molecule has 2 aromatic rings. The third-order valence-corrected chi connectivity index (χ3v) is 4.59. The summed E-state index contributed by atoms with van der Waals surface area (Å²) in [5.41, 5.74) is 1.00. The lowest BCUT2D eigenvalue weighted by molar-refractivity contribution is 0.0487. The topological polar surface area (TPSA) is 83.3 Å². The van der Waals surface area contributed by atoms with Crippen molar-refractivity contribution in [1.82, 2.24) is 9.97 Å². The van der Waals surface area contributed by atoms with Gasteiger partial charge in [0.25, 0.3) is 0 Å². The molecule has 0 fully saturated rings. The number of benzene rings is 1. The second-order valence-corrected chi connectivity index (χ2v) is 6.44. The lowest BCUT2D eigenvalue weighted by Crippen LogP contribution is -2.39. The summed E-state index contributed by atoms with van der Waals surface area (Å²) in [6.45, 7) is 4.21. The fourth-order valence-electron chi connectivity index (χ4n) is 3.18. The zero-order valence-electron chi connectivity index (χ0n) is 12.6. The minimum absolute atomic E-state index is 0.117. The fraction of sp³-hybridized carbons (Fsp3) is 0.353. The minimum atomic E-state index is -1.25. The number of nitrogens with zero attached hydrogens (tertiary/aromatic N) is 2. The first-order valence-corrected chi connectivity index (χ1v) is 7.21. The first-order chi connectivity index (χ1) is 10.3. The predicted octanol–water partition coefficient (Wildman–Crippen LogP) is 2.48. The standard InChI is InChI=1S/C17H18N2O3/c1-16(2)5-6-17(22,12-8-18-10-19-9-12)14-7-11(15(20)21)3-4-13(14)16/h3-4,7-10,22H,5-6H2,1-2H3,(H,20,21). The summed E-state index contributed by atoms with van der Waals surface area (Å²) < 4.78 is 0. The number of rotatable bonds is 2. The molecule has 1 heterocycles. The molecule has 0 amide bonds. The monoisotopic (exact) mass is 298 g/mol. The van der Waals surface area contributed by atoms with Crippen LogP contribution >= 0.6 is 0 Å². The van der Waals surface area contributed by atoms with Gasteiger partial charge in [0.05, 0.1) is 5.56 Å². The summed E-state index contributed by atoms with van der Waals surface area (Å²) in [4.78, 5) is 19.3. The highest BCUT2D eigenvalue weighted by Crippen LogP contribution is 2.47. The van der Waals surface area contributed by atoms with Crippen LogP contribution in [0.15, 0.2) is 36.9 Å². The van der Waals surface area contributed by atoms with Gasteiger partial charge in [0.1, 0.15) is 11.9 Å². The summed E-state index contributed by atoms with van der Waals surface area (Å²) in [6.07, 6.45) is 5.88. The molecule has 1 unspecified atom stereocenters. The van der Waals surface area contributed by atoms with Gasteiger partial charge < -0.3 is 10.2 Å². The molecule has 1 atom stereocenters. The maximum Gasteiger partial charge on any atom is 0.335 e. The number of hydrogen-bond acceptors (Lipinski definition) is 4. The highest BCUT2D eigenvalue weighted by molar-refractivity contribution is 5.88. The van der Waals surface area contributed by atoms with Gasteiger partial charge in [-0.1, -0.05) is 19.9 Å². The van der Waals surface area contributed by atoms with Crippen molar-refractivity contribution in [1.29, 1.82) is 0 Å². The average Bonchev–Trinajstić information content (AvgIpc) is 2.52. The van der Waals surface area contributed by atoms with Crippen molar-refractivity contribution in [2.45, 2.75) is 37.7 Å². The van der Waals surface area contributed by atoms with Crippen LogP contribution in [0.5, 0.6) is 0 Å². The number of hydrogen-bond donors (Lipinski definition) is 2. The third kappa shape index (κ3) is 2.18. The fourth-order valence-corrected chi connectivity index (χ4v) is 3.18. The molecular weight excluding hydrogens is 280 g/mol. The van der Waals surface area contributed by atoms with Gasteiger partial charge in [0.15, 0.2) is 0 Å². The van der Waals surface area contributed by atoms with Crippen molar-refractivity contribution in [3.8, 4) is 0 Å². The SMILES string of the molecule is CC1(C)CCC(O)(c2cncnc2)c2cc(C(=O)O)ccc21. The Balaban J connectivity index is 2.25. The number of aromatic nitrogens is 2. The first-order valence-electron chi connectivity index (χ1n) is 7.21. The van der Waals surface area contributed by atoms with Crippen molar-refractivity contribution < 1.29 is 15.0 Å². The Morgan fingerprint density at radius 1 is 1.14 bits per heavy atom. The van der Waals surface area contributed by atoms with E-state index in [1.165, 1.54) is 6.33 Å². The Bertz CT molecular complexity index is 728. The Morgan fingerprint density at radius 3 is 2.45 bits per heavy atom. The predicted molar refractivity (Wildman–Crippen MR) is 80.7 cm³/mol. The number of aliphatic hydroxyl groups is 1. The van der Waals surface area contributed by atoms with Gasteiger partial charge in [-0.25, -0.2) is 14.8 Å². The van der Waals surface area contributed by atoms with Crippen LogP contribution in [0.3, 0.4) is 0 Å². The Hall–Kier alpha value is -2.27. The second kappa shape index (κ2) is 4.88. The molecule has 0 aliphatic heterocycles. The molecular formula is C17H18N2O3. The molecule has 114 valence electrons. The van der Waals surface area contributed by atoms with E-state index in [1.54, 1.807) is 24.5 Å². The van der Waals surface area contributed by atoms with Gasteiger partial charge in [0.2, 0.25) is 0 Å². The van der Waals surface area contributed by atoms with Crippen molar-refractivity contribution in [3.63, 3.8) is 0 Å². The Morgan fingerprint density at radius 2 is 1.82 bits per heavy atom. The molecule has 0 radical (unpaired) electrons. The van der Waals surface area contributed by atoms with Crippen LogP contribution in [0.25, 0.3) is 0 Å². The molecule has 0 spiro atoms. The zero-order chi connectivity index (χ0) is 16.0. The van der Waals surface area contributed by atoms with Gasteiger partial charge in [0, 0.05) is 18.0 Å². The number of carboxylic acids is 1. The van der Waals surface area contributed by atoms with Crippen molar-refractivity contribution in [2.75, 3.05) is 0 Å². The van der Waals surface area contributed by atoms with E-state index in [9.17, 15) is 15.0 Å². The molecule has 5 nitrogen and oxygen atoms in total. The number of aromatic carboxylic acids is 1. The summed E-state index contributed by atoms with van der Waals surface area (Å²) in [6, 6.07) is 4.98. The molecule has 0 saturated carbocycles. The van der Waals surface area contributed by atoms with E-state index < -0.39 is 11.6 Å². The van der Waals surface area contributed by atoms with Gasteiger partial charge in [-0.2, -0.15) is 0 Å². The van der Waals surface area contributed by atoms with Gasteiger partial charge in [-0.15, -0.1) is 0 Å². The first kappa shape index (κ1) is 14.7. The van der Waals surface area contributed by atoms with Crippen molar-refractivity contribution >= 4 is 5.97 Å². The molecule has 3 rings (SSSR count). The molecule has 0 bridgehead atoms. The van der Waals surface area contributed by atoms with E-state index in [0.29, 0.717) is 17.5 Å². The highest BCUT2D eigenvalue weighted by atomic mass is 16.4. The summed E-state index contributed by atoms with van der Waals surface area (Å²) in [7, 11) is 0. The van der Waals surface area contributed by atoms with E-state index >= 15 is 0 Å². The summed E-state index contributed by atoms with van der Waals surface area (Å²) in [5, 5.41) is 20.5. The molecule has 0 saturated heterocycles. The quantitative estimate of drug-likeness (QED) is 0.890. The van der Waals surface area contributed by atoms with Crippen molar-refractivity contribution in [2.24, 2.45) is 0 Å². The average molecular weight is 298 g/mol. The molecule has 2 N–H and O–H groups in total. The number of carbonyl (C=O) groups is 1. The minimum Gasteiger partial charge on any atom is -0.478 e. The summed E-state index contributed by atoms with van der Waals surface area (Å²) in [5.74, 6) is -1.00. The largest absolute Gasteiger partial charge is 0.478 e. The zero-order valence-corrected chi connectivity index (χ0v) is 12.6. The van der Waals surface area contributed by atoms with Crippen LogP contribution in [-0.2, 0) is 11.0 Å². The molecule has 1 aliphatic carbocycles. The van der Waals surface area contributed by atoms with E-state index in [1.807, 2.05) is 6.07 Å². The third-order valence-electron chi connectivity index (χ3n) is 4.59. The number of fused-ring (bicyclic) bond motifs is 1. The molecule has 1 aromatic carbocycles. The van der Waals surface area contributed by atoms with Gasteiger partial charge in [-0.05, 0) is 41.5 Å². The molecule has 1 aliphatic rings. The Kier molecular flexibility index (Phi) is 3.25. The normalized spacial score (nSPS) is 22.9. The van der Waals surface area contributed by atoms with Crippen LogP contribution in [-0.4, -0.2) is 26.2 Å². The molecule has 5 heteroatoms.